The molecule has 0 bridgehead atoms. The van der Waals surface area contributed by atoms with E-state index in [9.17, 15) is 13.2 Å². The van der Waals surface area contributed by atoms with Gasteiger partial charge < -0.3 is 10.1 Å². The maximum Gasteiger partial charge on any atom is 0.244 e. The molecule has 1 aromatic rings. The van der Waals surface area contributed by atoms with Crippen molar-refractivity contribution in [3.05, 3.63) is 35.9 Å². The molecule has 1 heterocycles. The minimum absolute atomic E-state index is 0.148. The summed E-state index contributed by atoms with van der Waals surface area (Å²) < 4.78 is 30.7. The number of carbonyl (C=O) groups is 1. The molecule has 0 aliphatic carbocycles. The monoisotopic (exact) mass is 380 g/mol. The summed E-state index contributed by atoms with van der Waals surface area (Å²) in [5, 5.41) is 2.82. The zero-order valence-electron chi connectivity index (χ0n) is 15.3. The van der Waals surface area contributed by atoms with Gasteiger partial charge in [-0.25, -0.2) is 8.42 Å². The number of sulfonamides is 1. The van der Waals surface area contributed by atoms with Crippen LogP contribution in [0.3, 0.4) is 0 Å². The highest BCUT2D eigenvalue weighted by molar-refractivity contribution is 7.93. The molecule has 1 fully saturated rings. The quantitative estimate of drug-likeness (QED) is 0.500. The van der Waals surface area contributed by atoms with E-state index in [-0.39, 0.29) is 11.7 Å². The number of rotatable bonds is 10. The predicted molar refractivity (Wildman–Crippen MR) is 105 cm³/mol. The zero-order valence-corrected chi connectivity index (χ0v) is 16.1. The maximum absolute atomic E-state index is 11.9. The van der Waals surface area contributed by atoms with Crippen molar-refractivity contribution in [1.82, 2.24) is 5.32 Å². The molecule has 0 radical (unpaired) electrons. The molecular weight excluding hydrogens is 352 g/mol. The third kappa shape index (κ3) is 6.46. The van der Waals surface area contributed by atoms with Crippen LogP contribution in [0.5, 0.6) is 0 Å². The standard InChI is InChI=1S/C19H28N2O4S/c1-2-3-14-25-15-4-12-20-19(22)11-8-17-6-9-18(10-7-17)21-13-5-16-26(21,23)24/h6-11H,2-5,12-16H2,1H3,(H,20,22)/b11-8+. The summed E-state index contributed by atoms with van der Waals surface area (Å²) in [6.45, 7) is 4.67. The smallest absolute Gasteiger partial charge is 0.244 e. The van der Waals surface area contributed by atoms with Gasteiger partial charge in [-0.3, -0.25) is 9.10 Å². The fourth-order valence-corrected chi connectivity index (χ4v) is 4.21. The van der Waals surface area contributed by atoms with Gasteiger partial charge in [-0.1, -0.05) is 25.5 Å². The first-order chi connectivity index (χ1) is 12.5. The number of nitrogens with zero attached hydrogens (tertiary/aromatic N) is 1. The summed E-state index contributed by atoms with van der Waals surface area (Å²) in [6, 6.07) is 7.17. The van der Waals surface area contributed by atoms with Crippen LogP contribution in [0.4, 0.5) is 5.69 Å². The van der Waals surface area contributed by atoms with Crippen molar-refractivity contribution in [2.45, 2.75) is 32.6 Å². The lowest BCUT2D eigenvalue weighted by Gasteiger charge is -2.16. The van der Waals surface area contributed by atoms with Crippen molar-refractivity contribution >= 4 is 27.7 Å². The number of nitrogens with one attached hydrogen (secondary N) is 1. The lowest BCUT2D eigenvalue weighted by atomic mass is 10.2. The van der Waals surface area contributed by atoms with Crippen LogP contribution in [0.1, 0.15) is 38.2 Å². The third-order valence-electron chi connectivity index (χ3n) is 4.11. The van der Waals surface area contributed by atoms with E-state index in [0.29, 0.717) is 31.8 Å². The van der Waals surface area contributed by atoms with Gasteiger partial charge in [0.1, 0.15) is 0 Å². The Hall–Kier alpha value is -1.86. The number of benzene rings is 1. The topological polar surface area (TPSA) is 75.7 Å². The van der Waals surface area contributed by atoms with Crippen molar-refractivity contribution in [1.29, 1.82) is 0 Å². The van der Waals surface area contributed by atoms with Crippen molar-refractivity contribution in [3.8, 4) is 0 Å². The van der Waals surface area contributed by atoms with E-state index in [1.165, 1.54) is 10.4 Å². The fraction of sp³-hybridized carbons (Fsp3) is 0.526. The molecule has 0 atom stereocenters. The number of anilines is 1. The van der Waals surface area contributed by atoms with Crippen LogP contribution in [-0.2, 0) is 19.6 Å². The molecule has 1 amide bonds. The van der Waals surface area contributed by atoms with Gasteiger partial charge >= 0.3 is 0 Å². The molecule has 0 saturated carbocycles. The van der Waals surface area contributed by atoms with Crippen molar-refractivity contribution in [2.24, 2.45) is 0 Å². The van der Waals surface area contributed by atoms with Gasteiger partial charge in [-0.2, -0.15) is 0 Å². The van der Waals surface area contributed by atoms with Gasteiger partial charge in [-0.05, 0) is 43.0 Å². The SMILES string of the molecule is CCCCOCCCNC(=O)/C=C/c1ccc(N2CCCS2(=O)=O)cc1. The van der Waals surface area contributed by atoms with Gasteiger partial charge in [0.25, 0.3) is 0 Å². The summed E-state index contributed by atoms with van der Waals surface area (Å²) in [4.78, 5) is 11.8. The normalized spacial score (nSPS) is 16.3. The average Bonchev–Trinajstić information content (AvgIpc) is 2.99. The van der Waals surface area contributed by atoms with Crippen LogP contribution in [0.15, 0.2) is 30.3 Å². The lowest BCUT2D eigenvalue weighted by molar-refractivity contribution is -0.116. The number of unbranched alkanes of at least 4 members (excludes halogenated alkanes) is 1. The first-order valence-electron chi connectivity index (χ1n) is 9.17. The first-order valence-corrected chi connectivity index (χ1v) is 10.8. The molecule has 7 heteroatoms. The number of hydrogen-bond acceptors (Lipinski definition) is 4. The largest absolute Gasteiger partial charge is 0.381 e. The van der Waals surface area contributed by atoms with Gasteiger partial charge in [0.05, 0.1) is 11.4 Å². The van der Waals surface area contributed by atoms with Crippen molar-refractivity contribution in [2.75, 3.05) is 36.4 Å². The molecule has 0 aromatic heterocycles. The second-order valence-corrected chi connectivity index (χ2v) is 8.29. The van der Waals surface area contributed by atoms with E-state index >= 15 is 0 Å². The fourth-order valence-electron chi connectivity index (χ4n) is 2.65. The van der Waals surface area contributed by atoms with Gasteiger partial charge in [0.2, 0.25) is 15.9 Å². The highest BCUT2D eigenvalue weighted by Crippen LogP contribution is 2.24. The predicted octanol–water partition coefficient (Wildman–Crippen LogP) is 2.56. The Morgan fingerprint density at radius 1 is 1.23 bits per heavy atom. The Balaban J connectivity index is 1.73. The summed E-state index contributed by atoms with van der Waals surface area (Å²) in [6.07, 6.45) is 6.85. The van der Waals surface area contributed by atoms with Crippen LogP contribution >= 0.6 is 0 Å². The second kappa shape index (κ2) is 10.3. The Labute approximate surface area is 156 Å². The third-order valence-corrected chi connectivity index (χ3v) is 5.98. The van der Waals surface area contributed by atoms with Crippen LogP contribution < -0.4 is 9.62 Å². The summed E-state index contributed by atoms with van der Waals surface area (Å²) in [5.74, 6) is 0.0584. The molecule has 26 heavy (non-hydrogen) atoms. The lowest BCUT2D eigenvalue weighted by Crippen LogP contribution is -2.24. The van der Waals surface area contributed by atoms with E-state index in [1.807, 2.05) is 12.1 Å². The van der Waals surface area contributed by atoms with Gasteiger partial charge in [0, 0.05) is 32.4 Å². The van der Waals surface area contributed by atoms with E-state index in [1.54, 1.807) is 18.2 Å². The van der Waals surface area contributed by atoms with Crippen LogP contribution in [-0.4, -0.2) is 46.4 Å². The maximum atomic E-state index is 11.9. The molecule has 1 saturated heterocycles. The van der Waals surface area contributed by atoms with Crippen LogP contribution in [0.25, 0.3) is 6.08 Å². The summed E-state index contributed by atoms with van der Waals surface area (Å²) in [5.41, 5.74) is 1.52. The molecule has 1 N–H and O–H groups in total. The molecule has 1 aliphatic rings. The second-order valence-electron chi connectivity index (χ2n) is 6.28. The van der Waals surface area contributed by atoms with Gasteiger partial charge in [-0.15, -0.1) is 0 Å². The van der Waals surface area contributed by atoms with E-state index in [2.05, 4.69) is 12.2 Å². The highest BCUT2D eigenvalue weighted by Gasteiger charge is 2.28. The molecule has 0 unspecified atom stereocenters. The minimum atomic E-state index is -3.16. The van der Waals surface area contributed by atoms with E-state index < -0.39 is 10.0 Å². The Morgan fingerprint density at radius 2 is 1.96 bits per heavy atom. The molecule has 6 nitrogen and oxygen atoms in total. The zero-order chi connectivity index (χ0) is 18.8. The van der Waals surface area contributed by atoms with E-state index in [4.69, 9.17) is 4.74 Å². The first kappa shape index (κ1) is 20.5. The van der Waals surface area contributed by atoms with Crippen LogP contribution in [0.2, 0.25) is 0 Å². The number of ether oxygens (including phenoxy) is 1. The Kier molecular flexibility index (Phi) is 8.12. The highest BCUT2D eigenvalue weighted by atomic mass is 32.2. The van der Waals surface area contributed by atoms with Gasteiger partial charge in [0.15, 0.2) is 0 Å². The molecule has 0 spiro atoms. The number of amides is 1. The minimum Gasteiger partial charge on any atom is -0.381 e. The van der Waals surface area contributed by atoms with E-state index in [0.717, 1.165) is 31.4 Å². The Morgan fingerprint density at radius 3 is 2.62 bits per heavy atom. The Bertz CT molecular complexity index is 699. The number of carbonyl (C=O) groups excluding carboxylic acids is 1. The van der Waals surface area contributed by atoms with Crippen molar-refractivity contribution in [3.63, 3.8) is 0 Å². The van der Waals surface area contributed by atoms with Crippen LogP contribution in [0, 0.1) is 0 Å². The summed E-state index contributed by atoms with van der Waals surface area (Å²) in [7, 11) is -3.16. The molecule has 144 valence electrons. The molecular formula is C19H28N2O4S. The summed E-state index contributed by atoms with van der Waals surface area (Å²) >= 11 is 0. The molecule has 1 aromatic carbocycles. The average molecular weight is 381 g/mol. The molecule has 2 rings (SSSR count). The van der Waals surface area contributed by atoms with Crippen molar-refractivity contribution < 1.29 is 17.9 Å². The molecule has 1 aliphatic heterocycles. The number of hydrogen-bond donors (Lipinski definition) is 1.